The van der Waals surface area contributed by atoms with E-state index in [-0.39, 0.29) is 5.78 Å². The summed E-state index contributed by atoms with van der Waals surface area (Å²) >= 11 is 5.03. The average molecular weight is 430 g/mol. The van der Waals surface area contributed by atoms with Gasteiger partial charge < -0.3 is 0 Å². The number of aromatic nitrogens is 3. The van der Waals surface area contributed by atoms with E-state index in [4.69, 9.17) is 0 Å². The number of hydrogen-bond donors (Lipinski definition) is 0. The topological polar surface area (TPSA) is 47.8 Å². The molecule has 2 aromatic carbocycles. The van der Waals surface area contributed by atoms with Gasteiger partial charge in [-0.05, 0) is 44.0 Å². The quantitative estimate of drug-likeness (QED) is 0.286. The lowest BCUT2D eigenvalue weighted by molar-refractivity contribution is 0.0982. The van der Waals surface area contributed by atoms with Gasteiger partial charge in [0, 0.05) is 22.2 Å². The van der Waals surface area contributed by atoms with E-state index in [0.717, 1.165) is 38.9 Å². The van der Waals surface area contributed by atoms with Crippen LogP contribution in [0.4, 0.5) is 0 Å². The van der Waals surface area contributed by atoms with E-state index in [1.807, 2.05) is 43.3 Å². The van der Waals surface area contributed by atoms with E-state index in [9.17, 15) is 4.79 Å². The van der Waals surface area contributed by atoms with Crippen LogP contribution in [0.3, 0.4) is 0 Å². The maximum absolute atomic E-state index is 12.2. The van der Waals surface area contributed by atoms with Crippen molar-refractivity contribution in [2.75, 3.05) is 5.75 Å². The van der Waals surface area contributed by atoms with Gasteiger partial charge in [0.2, 0.25) is 0 Å². The van der Waals surface area contributed by atoms with Gasteiger partial charge in [-0.25, -0.2) is 0 Å². The maximum Gasteiger partial charge on any atom is 0.195 e. The number of nitrogens with zero attached hydrogens (tertiary/aromatic N) is 3. The lowest BCUT2D eigenvalue weighted by atomic mass is 10.1. The van der Waals surface area contributed by atoms with Crippen molar-refractivity contribution in [2.45, 2.75) is 31.8 Å². The summed E-state index contributed by atoms with van der Waals surface area (Å²) < 4.78 is 3.06. The predicted molar refractivity (Wildman–Crippen MR) is 109 cm³/mol. The van der Waals surface area contributed by atoms with E-state index in [1.165, 1.54) is 5.56 Å². The number of carbonyl (C=O) groups excluding carboxylic acids is 1. The molecule has 0 aliphatic carbocycles. The van der Waals surface area contributed by atoms with Crippen molar-refractivity contribution in [2.24, 2.45) is 0 Å². The Balaban J connectivity index is 1.60. The van der Waals surface area contributed by atoms with Crippen LogP contribution < -0.4 is 0 Å². The van der Waals surface area contributed by atoms with Crippen molar-refractivity contribution in [3.63, 3.8) is 0 Å². The van der Waals surface area contributed by atoms with Gasteiger partial charge >= 0.3 is 0 Å². The number of rotatable bonds is 7. The zero-order valence-corrected chi connectivity index (χ0v) is 17.2. The Morgan fingerprint density at radius 2 is 1.81 bits per heavy atom. The van der Waals surface area contributed by atoms with Gasteiger partial charge in [0.1, 0.15) is 5.82 Å². The highest BCUT2D eigenvalue weighted by atomic mass is 79.9. The zero-order chi connectivity index (χ0) is 18.5. The van der Waals surface area contributed by atoms with E-state index >= 15 is 0 Å². The molecule has 0 fully saturated rings. The molecule has 0 amide bonds. The summed E-state index contributed by atoms with van der Waals surface area (Å²) in [6, 6.07) is 15.7. The molecule has 26 heavy (non-hydrogen) atoms. The highest BCUT2D eigenvalue weighted by Crippen LogP contribution is 2.25. The Morgan fingerprint density at radius 1 is 1.08 bits per heavy atom. The largest absolute Gasteiger partial charge is 0.294 e. The maximum atomic E-state index is 12.2. The van der Waals surface area contributed by atoms with Gasteiger partial charge in [-0.1, -0.05) is 58.0 Å². The molecule has 0 saturated carbocycles. The Hall–Kier alpha value is -1.92. The highest BCUT2D eigenvalue weighted by molar-refractivity contribution is 9.10. The monoisotopic (exact) mass is 429 g/mol. The standard InChI is InChI=1S/C20H20BrN3OS/c1-14-6-3-4-7-18(14)24-15(2)22-23-20(24)26-13-5-8-19(25)16-9-11-17(21)12-10-16/h3-4,6-7,9-12H,5,8,13H2,1-2H3. The second-order valence-corrected chi connectivity index (χ2v) is 8.01. The van der Waals surface area contributed by atoms with E-state index in [0.29, 0.717) is 6.42 Å². The molecular formula is C20H20BrN3OS. The SMILES string of the molecule is Cc1ccccc1-n1c(C)nnc1SCCCC(=O)c1ccc(Br)cc1. The molecule has 0 atom stereocenters. The van der Waals surface area contributed by atoms with Crippen LogP contribution in [0.1, 0.15) is 34.6 Å². The molecule has 0 N–H and O–H groups in total. The summed E-state index contributed by atoms with van der Waals surface area (Å²) in [6.45, 7) is 4.04. The second kappa shape index (κ2) is 8.64. The first kappa shape index (κ1) is 18.9. The molecule has 1 aromatic heterocycles. The fourth-order valence-corrected chi connectivity index (χ4v) is 3.90. The highest BCUT2D eigenvalue weighted by Gasteiger charge is 2.13. The number of thioether (sulfide) groups is 1. The van der Waals surface area contributed by atoms with Crippen LogP contribution in [-0.4, -0.2) is 26.3 Å². The minimum absolute atomic E-state index is 0.176. The van der Waals surface area contributed by atoms with Crippen molar-refractivity contribution in [3.8, 4) is 5.69 Å². The summed E-state index contributed by atoms with van der Waals surface area (Å²) in [7, 11) is 0. The Morgan fingerprint density at radius 3 is 2.54 bits per heavy atom. The molecular weight excluding hydrogens is 410 g/mol. The Labute approximate surface area is 166 Å². The smallest absolute Gasteiger partial charge is 0.195 e. The van der Waals surface area contributed by atoms with Crippen LogP contribution in [0, 0.1) is 13.8 Å². The van der Waals surface area contributed by atoms with E-state index in [2.05, 4.69) is 49.8 Å². The molecule has 0 saturated heterocycles. The Kier molecular flexibility index (Phi) is 6.27. The van der Waals surface area contributed by atoms with Crippen molar-refractivity contribution >= 4 is 33.5 Å². The van der Waals surface area contributed by atoms with Crippen LogP contribution in [0.25, 0.3) is 5.69 Å². The zero-order valence-electron chi connectivity index (χ0n) is 14.8. The van der Waals surface area contributed by atoms with Crippen LogP contribution in [0.5, 0.6) is 0 Å². The number of halogens is 1. The first-order valence-electron chi connectivity index (χ1n) is 8.46. The number of para-hydroxylation sites is 1. The molecule has 0 aliphatic rings. The molecule has 6 heteroatoms. The van der Waals surface area contributed by atoms with Gasteiger partial charge in [-0.3, -0.25) is 9.36 Å². The Bertz CT molecular complexity index is 906. The van der Waals surface area contributed by atoms with Crippen molar-refractivity contribution in [1.29, 1.82) is 0 Å². The number of ketones is 1. The number of carbonyl (C=O) groups is 1. The number of benzene rings is 2. The predicted octanol–water partition coefficient (Wildman–Crippen LogP) is 5.40. The summed E-state index contributed by atoms with van der Waals surface area (Å²) in [5, 5.41) is 9.40. The fraction of sp³-hybridized carbons (Fsp3) is 0.250. The number of Topliss-reactive ketones (excluding diaryl/α,β-unsaturated/α-hetero) is 1. The van der Waals surface area contributed by atoms with Crippen molar-refractivity contribution in [1.82, 2.24) is 14.8 Å². The summed E-state index contributed by atoms with van der Waals surface area (Å²) in [5.74, 6) is 1.87. The summed E-state index contributed by atoms with van der Waals surface area (Å²) in [5.41, 5.74) is 3.04. The lowest BCUT2D eigenvalue weighted by Crippen LogP contribution is -2.02. The molecule has 0 aliphatic heterocycles. The molecule has 0 radical (unpaired) electrons. The summed E-state index contributed by atoms with van der Waals surface area (Å²) in [6.07, 6.45) is 1.34. The van der Waals surface area contributed by atoms with E-state index in [1.54, 1.807) is 11.8 Å². The van der Waals surface area contributed by atoms with E-state index < -0.39 is 0 Å². The second-order valence-electron chi connectivity index (χ2n) is 6.03. The molecule has 3 aromatic rings. The third kappa shape index (κ3) is 4.43. The van der Waals surface area contributed by atoms with Crippen LogP contribution in [0.2, 0.25) is 0 Å². The first-order chi connectivity index (χ1) is 12.6. The normalized spacial score (nSPS) is 10.9. The van der Waals surface area contributed by atoms with Gasteiger partial charge in [0.05, 0.1) is 5.69 Å². The summed E-state index contributed by atoms with van der Waals surface area (Å²) in [4.78, 5) is 12.2. The molecule has 4 nitrogen and oxygen atoms in total. The third-order valence-electron chi connectivity index (χ3n) is 4.10. The molecule has 134 valence electrons. The minimum atomic E-state index is 0.176. The third-order valence-corrected chi connectivity index (χ3v) is 5.64. The van der Waals surface area contributed by atoms with Gasteiger partial charge in [-0.15, -0.1) is 10.2 Å². The molecule has 0 bridgehead atoms. The number of hydrogen-bond acceptors (Lipinski definition) is 4. The van der Waals surface area contributed by atoms with Gasteiger partial charge in [0.15, 0.2) is 10.9 Å². The molecule has 0 spiro atoms. The van der Waals surface area contributed by atoms with Gasteiger partial charge in [0.25, 0.3) is 0 Å². The van der Waals surface area contributed by atoms with Gasteiger partial charge in [-0.2, -0.15) is 0 Å². The first-order valence-corrected chi connectivity index (χ1v) is 10.2. The fourth-order valence-electron chi connectivity index (χ4n) is 2.70. The van der Waals surface area contributed by atoms with Crippen molar-refractivity contribution < 1.29 is 4.79 Å². The molecule has 1 heterocycles. The van der Waals surface area contributed by atoms with Crippen molar-refractivity contribution in [3.05, 3.63) is 70.0 Å². The molecule has 0 unspecified atom stereocenters. The van der Waals surface area contributed by atoms with Crippen LogP contribution in [-0.2, 0) is 0 Å². The minimum Gasteiger partial charge on any atom is -0.294 e. The lowest BCUT2D eigenvalue weighted by Gasteiger charge is -2.11. The van der Waals surface area contributed by atoms with Crippen LogP contribution >= 0.6 is 27.7 Å². The molecule has 3 rings (SSSR count). The average Bonchev–Trinajstić information content (AvgIpc) is 3.00. The van der Waals surface area contributed by atoms with Crippen LogP contribution in [0.15, 0.2) is 58.2 Å². The number of aryl methyl sites for hydroxylation is 2.